The molecular weight excluding hydrogens is 428 g/mol. The Kier molecular flexibility index (Phi) is 5.85. The first-order chi connectivity index (χ1) is 15.8. The minimum absolute atomic E-state index is 0.0467. The first-order valence-electron chi connectivity index (χ1n) is 9.77. The maximum absolute atomic E-state index is 12.8. The van der Waals surface area contributed by atoms with Crippen molar-refractivity contribution < 1.29 is 23.5 Å². The lowest BCUT2D eigenvalue weighted by Crippen LogP contribution is -2.23. The lowest BCUT2D eigenvalue weighted by Gasteiger charge is -2.11. The van der Waals surface area contributed by atoms with E-state index in [9.17, 15) is 9.59 Å². The highest BCUT2D eigenvalue weighted by Crippen LogP contribution is 2.33. The maximum Gasteiger partial charge on any atom is 0.291 e. The fourth-order valence-corrected chi connectivity index (χ4v) is 2.93. The maximum atomic E-state index is 12.8. The second kappa shape index (κ2) is 8.91. The molecule has 11 nitrogen and oxygen atoms in total. The monoisotopic (exact) mass is 448 g/mol. The second-order valence-corrected chi connectivity index (χ2v) is 7.19. The number of hydrogen-bond acceptors (Lipinski definition) is 9. The Hall–Kier alpha value is -4.54. The lowest BCUT2D eigenvalue weighted by atomic mass is 10.1. The summed E-state index contributed by atoms with van der Waals surface area (Å²) < 4.78 is 16.6. The number of carbonyl (C=O) groups excluding carboxylic acids is 2. The van der Waals surface area contributed by atoms with E-state index in [-0.39, 0.29) is 23.1 Å². The van der Waals surface area contributed by atoms with Gasteiger partial charge in [0, 0.05) is 19.7 Å². The van der Waals surface area contributed by atoms with Crippen molar-refractivity contribution in [1.82, 2.24) is 24.8 Å². The van der Waals surface area contributed by atoms with E-state index in [1.54, 1.807) is 39.2 Å². The number of benzene rings is 1. The van der Waals surface area contributed by atoms with Crippen molar-refractivity contribution in [2.75, 3.05) is 26.5 Å². The van der Waals surface area contributed by atoms with E-state index in [4.69, 9.17) is 13.9 Å². The van der Waals surface area contributed by atoms with Crippen LogP contribution in [0, 0.1) is 6.92 Å². The third-order valence-corrected chi connectivity index (χ3v) is 4.52. The summed E-state index contributed by atoms with van der Waals surface area (Å²) in [4.78, 5) is 42.4. The summed E-state index contributed by atoms with van der Waals surface area (Å²) in [7, 11) is 4.70. The molecule has 0 bridgehead atoms. The number of carbonyl (C=O) groups is 2. The van der Waals surface area contributed by atoms with Gasteiger partial charge in [-0.15, -0.1) is 0 Å². The van der Waals surface area contributed by atoms with Crippen LogP contribution in [-0.2, 0) is 0 Å². The van der Waals surface area contributed by atoms with Gasteiger partial charge < -0.3 is 24.1 Å². The molecule has 0 saturated carbocycles. The van der Waals surface area contributed by atoms with Crippen LogP contribution in [-0.4, -0.2) is 57.9 Å². The van der Waals surface area contributed by atoms with Crippen LogP contribution >= 0.6 is 0 Å². The molecule has 0 aliphatic heterocycles. The first-order valence-corrected chi connectivity index (χ1v) is 9.77. The van der Waals surface area contributed by atoms with Crippen molar-refractivity contribution in [3.8, 4) is 17.4 Å². The number of amides is 2. The van der Waals surface area contributed by atoms with E-state index >= 15 is 0 Å². The molecule has 0 unspecified atom stereocenters. The average molecular weight is 448 g/mol. The molecular formula is C22H20N6O5. The highest BCUT2D eigenvalue weighted by molar-refractivity contribution is 6.06. The molecule has 0 atom stereocenters. The van der Waals surface area contributed by atoms with Gasteiger partial charge in [-0.1, -0.05) is 0 Å². The summed E-state index contributed by atoms with van der Waals surface area (Å²) in [6, 6.07) is 4.98. The minimum atomic E-state index is -0.432. The molecule has 11 heteroatoms. The fourth-order valence-electron chi connectivity index (χ4n) is 2.93. The highest BCUT2D eigenvalue weighted by atomic mass is 16.5. The molecule has 0 spiro atoms. The number of anilines is 1. The van der Waals surface area contributed by atoms with Crippen LogP contribution in [0.5, 0.6) is 17.4 Å². The Labute approximate surface area is 188 Å². The highest BCUT2D eigenvalue weighted by Gasteiger charge is 2.17. The van der Waals surface area contributed by atoms with Crippen molar-refractivity contribution in [1.29, 1.82) is 0 Å². The molecule has 0 aliphatic rings. The van der Waals surface area contributed by atoms with Crippen LogP contribution in [0.25, 0.3) is 11.0 Å². The van der Waals surface area contributed by atoms with Crippen LogP contribution in [0.2, 0.25) is 0 Å². The zero-order valence-corrected chi connectivity index (χ0v) is 18.3. The van der Waals surface area contributed by atoms with Crippen molar-refractivity contribution in [3.63, 3.8) is 0 Å². The van der Waals surface area contributed by atoms with Crippen LogP contribution in [0.15, 0.2) is 47.4 Å². The van der Waals surface area contributed by atoms with E-state index in [2.05, 4.69) is 25.3 Å². The fraction of sp³-hybridized carbons (Fsp3) is 0.182. The van der Waals surface area contributed by atoms with Crippen LogP contribution in [0.4, 0.5) is 5.82 Å². The Morgan fingerprint density at radius 2 is 1.76 bits per heavy atom. The van der Waals surface area contributed by atoms with Crippen LogP contribution in [0.3, 0.4) is 0 Å². The Morgan fingerprint density at radius 1 is 1.00 bits per heavy atom. The van der Waals surface area contributed by atoms with E-state index in [1.165, 1.54) is 36.8 Å². The number of ether oxygens (including phenoxy) is 2. The molecule has 4 rings (SSSR count). The molecule has 33 heavy (non-hydrogen) atoms. The largest absolute Gasteiger partial charge is 0.480 e. The number of aryl methyl sites for hydroxylation is 1. The summed E-state index contributed by atoms with van der Waals surface area (Å²) in [6.45, 7) is 1.79. The molecule has 0 fully saturated rings. The predicted molar refractivity (Wildman–Crippen MR) is 118 cm³/mol. The summed E-state index contributed by atoms with van der Waals surface area (Å²) in [5, 5.41) is 3.34. The third-order valence-electron chi connectivity index (χ3n) is 4.52. The molecule has 1 N–H and O–H groups in total. The molecule has 3 heterocycles. The Balaban J connectivity index is 1.62. The molecule has 168 valence electrons. The van der Waals surface area contributed by atoms with Gasteiger partial charge >= 0.3 is 0 Å². The van der Waals surface area contributed by atoms with Gasteiger partial charge in [-0.05, 0) is 25.1 Å². The number of rotatable bonds is 6. The predicted octanol–water partition coefficient (Wildman–Crippen LogP) is 3.08. The Morgan fingerprint density at radius 3 is 2.39 bits per heavy atom. The normalized spacial score (nSPS) is 10.7. The zero-order valence-electron chi connectivity index (χ0n) is 18.3. The van der Waals surface area contributed by atoms with E-state index in [0.29, 0.717) is 34.1 Å². The molecule has 3 aromatic heterocycles. The van der Waals surface area contributed by atoms with Crippen LogP contribution in [0.1, 0.15) is 26.7 Å². The SMILES string of the molecule is COc1cnc(NC(=O)c2cc(Oc3cnc(C(=O)N(C)C)nc3)c3cc(C)oc3c2)cn1. The van der Waals surface area contributed by atoms with Crippen molar-refractivity contribution >= 4 is 28.6 Å². The zero-order chi connectivity index (χ0) is 23.5. The van der Waals surface area contributed by atoms with Gasteiger partial charge in [0.15, 0.2) is 11.6 Å². The molecule has 1 aromatic carbocycles. The first kappa shape index (κ1) is 21.7. The molecule has 0 aliphatic carbocycles. The Bertz CT molecular complexity index is 1320. The van der Waals surface area contributed by atoms with Gasteiger partial charge in [0.1, 0.15) is 17.1 Å². The quantitative estimate of drug-likeness (QED) is 0.472. The van der Waals surface area contributed by atoms with Gasteiger partial charge in [-0.25, -0.2) is 19.9 Å². The third kappa shape index (κ3) is 4.71. The number of methoxy groups -OCH3 is 1. The van der Waals surface area contributed by atoms with Gasteiger partial charge in [0.05, 0.1) is 37.3 Å². The average Bonchev–Trinajstić information content (AvgIpc) is 3.20. The summed E-state index contributed by atoms with van der Waals surface area (Å²) in [6.07, 6.45) is 5.57. The number of nitrogens with one attached hydrogen (secondary N) is 1. The summed E-state index contributed by atoms with van der Waals surface area (Å²) >= 11 is 0. The molecule has 0 radical (unpaired) electrons. The summed E-state index contributed by atoms with van der Waals surface area (Å²) in [5.74, 6) is 1.19. The topological polar surface area (TPSA) is 133 Å². The molecule has 2 amide bonds. The van der Waals surface area contributed by atoms with Gasteiger partial charge in [0.2, 0.25) is 11.7 Å². The van der Waals surface area contributed by atoms with E-state index in [0.717, 1.165) is 0 Å². The smallest absolute Gasteiger partial charge is 0.291 e. The van der Waals surface area contributed by atoms with Crippen molar-refractivity contribution in [2.45, 2.75) is 6.92 Å². The number of aromatic nitrogens is 4. The van der Waals surface area contributed by atoms with E-state index in [1.807, 2.05) is 0 Å². The standard InChI is InChI=1S/C22H20N6O5/c1-12-5-15-16(32-12)6-13(21(29)27-18-10-24-19(31-4)11-23-18)7-17(15)33-14-8-25-20(26-9-14)22(30)28(2)3/h5-11H,1-4H3,(H,23,27,29). The number of nitrogens with zero attached hydrogens (tertiary/aromatic N) is 5. The molecule has 4 aromatic rings. The minimum Gasteiger partial charge on any atom is -0.480 e. The van der Waals surface area contributed by atoms with Gasteiger partial charge in [0.25, 0.3) is 11.8 Å². The number of fused-ring (bicyclic) bond motifs is 1. The van der Waals surface area contributed by atoms with Gasteiger partial charge in [-0.2, -0.15) is 0 Å². The number of furan rings is 1. The van der Waals surface area contributed by atoms with Gasteiger partial charge in [-0.3, -0.25) is 9.59 Å². The van der Waals surface area contributed by atoms with Crippen LogP contribution < -0.4 is 14.8 Å². The van der Waals surface area contributed by atoms with Crippen molar-refractivity contribution in [3.05, 3.63) is 60.1 Å². The molecule has 0 saturated heterocycles. The lowest BCUT2D eigenvalue weighted by molar-refractivity contribution is 0.0815. The van der Waals surface area contributed by atoms with E-state index < -0.39 is 5.91 Å². The number of hydrogen-bond donors (Lipinski definition) is 1. The summed E-state index contributed by atoms with van der Waals surface area (Å²) in [5.41, 5.74) is 0.751. The van der Waals surface area contributed by atoms with Crippen molar-refractivity contribution in [2.24, 2.45) is 0 Å². The second-order valence-electron chi connectivity index (χ2n) is 7.19.